The minimum atomic E-state index is -0.799. The highest BCUT2D eigenvalue weighted by atomic mass is 35.5. The highest BCUT2D eigenvalue weighted by molar-refractivity contribution is 5.85. The van der Waals surface area contributed by atoms with Crippen LogP contribution in [0.3, 0.4) is 0 Å². The fourth-order valence-electron chi connectivity index (χ4n) is 0.435. The van der Waals surface area contributed by atoms with Gasteiger partial charge in [-0.2, -0.15) is 0 Å². The second-order valence-electron chi connectivity index (χ2n) is 2.24. The van der Waals surface area contributed by atoms with Gasteiger partial charge >= 0.3 is 5.97 Å². The topological polar surface area (TPSA) is 49.3 Å². The number of likely N-dealkylation sites (N-methyl/N-ethyl adjacent to an activating group) is 1. The SMILES string of the molecule is CC[C@@](C)(NC)C(=O)O.Cl. The summed E-state index contributed by atoms with van der Waals surface area (Å²) < 4.78 is 0. The summed E-state index contributed by atoms with van der Waals surface area (Å²) in [6.45, 7) is 3.50. The number of carboxylic acids is 1. The Labute approximate surface area is 67.2 Å². The Hall–Kier alpha value is -0.280. The summed E-state index contributed by atoms with van der Waals surface area (Å²) in [7, 11) is 1.65. The van der Waals surface area contributed by atoms with Gasteiger partial charge in [-0.15, -0.1) is 12.4 Å². The average molecular weight is 168 g/mol. The summed E-state index contributed by atoms with van der Waals surface area (Å²) in [5.41, 5.74) is -0.750. The summed E-state index contributed by atoms with van der Waals surface area (Å²) in [5, 5.41) is 11.3. The Bertz CT molecular complexity index is 112. The second kappa shape index (κ2) is 4.52. The summed E-state index contributed by atoms with van der Waals surface area (Å²) >= 11 is 0. The van der Waals surface area contributed by atoms with Crippen molar-refractivity contribution in [2.24, 2.45) is 0 Å². The van der Waals surface area contributed by atoms with Crippen LogP contribution in [-0.4, -0.2) is 23.7 Å². The van der Waals surface area contributed by atoms with E-state index in [1.165, 1.54) is 0 Å². The van der Waals surface area contributed by atoms with Gasteiger partial charge in [0.25, 0.3) is 0 Å². The molecule has 0 aliphatic carbocycles. The molecule has 0 heterocycles. The minimum Gasteiger partial charge on any atom is -0.480 e. The zero-order chi connectivity index (χ0) is 7.49. The summed E-state index contributed by atoms with van der Waals surface area (Å²) in [6, 6.07) is 0. The summed E-state index contributed by atoms with van der Waals surface area (Å²) in [5.74, 6) is -0.799. The van der Waals surface area contributed by atoms with E-state index in [1.54, 1.807) is 14.0 Å². The van der Waals surface area contributed by atoms with E-state index in [-0.39, 0.29) is 12.4 Å². The lowest BCUT2D eigenvalue weighted by molar-refractivity contribution is -0.144. The molecule has 0 bridgehead atoms. The molecule has 0 spiro atoms. The van der Waals surface area contributed by atoms with Crippen LogP contribution < -0.4 is 5.32 Å². The van der Waals surface area contributed by atoms with E-state index in [9.17, 15) is 4.79 Å². The van der Waals surface area contributed by atoms with Gasteiger partial charge in [-0.3, -0.25) is 4.79 Å². The van der Waals surface area contributed by atoms with Crippen LogP contribution in [0.2, 0.25) is 0 Å². The van der Waals surface area contributed by atoms with E-state index in [0.717, 1.165) is 0 Å². The Morgan fingerprint density at radius 2 is 2.10 bits per heavy atom. The van der Waals surface area contributed by atoms with Crippen LogP contribution in [0.4, 0.5) is 0 Å². The van der Waals surface area contributed by atoms with Crippen LogP contribution in [-0.2, 0) is 4.79 Å². The van der Waals surface area contributed by atoms with Gasteiger partial charge in [0.2, 0.25) is 0 Å². The average Bonchev–Trinajstić information content (AvgIpc) is 1.86. The van der Waals surface area contributed by atoms with E-state index < -0.39 is 11.5 Å². The van der Waals surface area contributed by atoms with Gasteiger partial charge in [0.1, 0.15) is 5.54 Å². The molecule has 0 amide bonds. The normalized spacial score (nSPS) is 15.1. The largest absolute Gasteiger partial charge is 0.480 e. The fraction of sp³-hybridized carbons (Fsp3) is 0.833. The van der Waals surface area contributed by atoms with Crippen LogP contribution in [0.15, 0.2) is 0 Å². The van der Waals surface area contributed by atoms with E-state index in [0.29, 0.717) is 6.42 Å². The quantitative estimate of drug-likeness (QED) is 0.656. The monoisotopic (exact) mass is 167 g/mol. The lowest BCUT2D eigenvalue weighted by Gasteiger charge is -2.21. The molecular weight excluding hydrogens is 154 g/mol. The van der Waals surface area contributed by atoms with Crippen molar-refractivity contribution in [1.82, 2.24) is 5.32 Å². The van der Waals surface area contributed by atoms with Gasteiger partial charge in [-0.25, -0.2) is 0 Å². The predicted octanol–water partition coefficient (Wildman–Crippen LogP) is 0.881. The first kappa shape index (κ1) is 12.4. The number of hydrogen-bond donors (Lipinski definition) is 2. The zero-order valence-electron chi connectivity index (χ0n) is 6.47. The number of carboxylic acid groups (broad SMARTS) is 1. The van der Waals surface area contributed by atoms with E-state index in [1.807, 2.05) is 6.92 Å². The lowest BCUT2D eigenvalue weighted by atomic mass is 10.0. The smallest absolute Gasteiger partial charge is 0.323 e. The maximum absolute atomic E-state index is 10.4. The van der Waals surface area contributed by atoms with Crippen molar-refractivity contribution in [2.45, 2.75) is 25.8 Å². The van der Waals surface area contributed by atoms with E-state index >= 15 is 0 Å². The van der Waals surface area contributed by atoms with Gasteiger partial charge in [-0.1, -0.05) is 6.92 Å². The molecule has 0 aromatic carbocycles. The summed E-state index contributed by atoms with van der Waals surface area (Å²) in [4.78, 5) is 10.4. The highest BCUT2D eigenvalue weighted by Gasteiger charge is 2.27. The molecule has 2 N–H and O–H groups in total. The third kappa shape index (κ3) is 2.54. The molecule has 0 saturated carbocycles. The van der Waals surface area contributed by atoms with Gasteiger partial charge in [0.05, 0.1) is 0 Å². The summed E-state index contributed by atoms with van der Waals surface area (Å²) in [6.07, 6.45) is 0.596. The molecule has 0 aliphatic rings. The van der Waals surface area contributed by atoms with Crippen LogP contribution in [0, 0.1) is 0 Å². The molecule has 4 heteroatoms. The van der Waals surface area contributed by atoms with Crippen molar-refractivity contribution in [3.8, 4) is 0 Å². The Morgan fingerprint density at radius 1 is 1.70 bits per heavy atom. The van der Waals surface area contributed by atoms with E-state index in [2.05, 4.69) is 5.32 Å². The standard InChI is InChI=1S/C6H13NO2.ClH/c1-4-6(2,7-3)5(8)9;/h7H,4H2,1-3H3,(H,8,9);1H/t6-;/m1./s1. The Balaban J connectivity index is 0. The zero-order valence-corrected chi connectivity index (χ0v) is 7.29. The van der Waals surface area contributed by atoms with Gasteiger partial charge in [0, 0.05) is 0 Å². The van der Waals surface area contributed by atoms with Crippen LogP contribution in [0.25, 0.3) is 0 Å². The number of rotatable bonds is 3. The number of nitrogens with one attached hydrogen (secondary N) is 1. The van der Waals surface area contributed by atoms with Crippen LogP contribution in [0.1, 0.15) is 20.3 Å². The second-order valence-corrected chi connectivity index (χ2v) is 2.24. The fourth-order valence-corrected chi connectivity index (χ4v) is 0.435. The molecule has 0 radical (unpaired) electrons. The van der Waals surface area contributed by atoms with Crippen molar-refractivity contribution in [2.75, 3.05) is 7.05 Å². The van der Waals surface area contributed by atoms with Crippen LogP contribution in [0.5, 0.6) is 0 Å². The van der Waals surface area contributed by atoms with Gasteiger partial charge < -0.3 is 10.4 Å². The molecule has 0 aliphatic heterocycles. The predicted molar refractivity (Wildman–Crippen MR) is 42.6 cm³/mol. The first-order chi connectivity index (χ1) is 4.06. The molecule has 0 aromatic rings. The molecule has 0 aromatic heterocycles. The molecule has 0 rings (SSSR count). The molecule has 1 atom stereocenters. The Kier molecular flexibility index (Phi) is 5.61. The molecule has 10 heavy (non-hydrogen) atoms. The number of aliphatic carboxylic acids is 1. The molecule has 3 nitrogen and oxygen atoms in total. The molecule has 0 fully saturated rings. The number of carbonyl (C=O) groups is 1. The van der Waals surface area contributed by atoms with Crippen molar-refractivity contribution in [1.29, 1.82) is 0 Å². The molecular formula is C6H14ClNO2. The van der Waals surface area contributed by atoms with Crippen molar-refractivity contribution in [3.63, 3.8) is 0 Å². The third-order valence-corrected chi connectivity index (χ3v) is 1.73. The van der Waals surface area contributed by atoms with Gasteiger partial charge in [0.15, 0.2) is 0 Å². The minimum absolute atomic E-state index is 0. The third-order valence-electron chi connectivity index (χ3n) is 1.73. The number of hydrogen-bond acceptors (Lipinski definition) is 2. The van der Waals surface area contributed by atoms with E-state index in [4.69, 9.17) is 5.11 Å². The number of halogens is 1. The highest BCUT2D eigenvalue weighted by Crippen LogP contribution is 2.06. The molecule has 62 valence electrons. The maximum atomic E-state index is 10.4. The first-order valence-corrected chi connectivity index (χ1v) is 2.99. The van der Waals surface area contributed by atoms with Crippen molar-refractivity contribution >= 4 is 18.4 Å². The maximum Gasteiger partial charge on any atom is 0.323 e. The van der Waals surface area contributed by atoms with Crippen molar-refractivity contribution in [3.05, 3.63) is 0 Å². The first-order valence-electron chi connectivity index (χ1n) is 2.99. The van der Waals surface area contributed by atoms with Crippen molar-refractivity contribution < 1.29 is 9.90 Å². The van der Waals surface area contributed by atoms with Gasteiger partial charge in [-0.05, 0) is 20.4 Å². The van der Waals surface area contributed by atoms with Crippen LogP contribution >= 0.6 is 12.4 Å². The Morgan fingerprint density at radius 3 is 2.10 bits per heavy atom. The molecule has 0 unspecified atom stereocenters. The lowest BCUT2D eigenvalue weighted by Crippen LogP contribution is -2.46. The molecule has 0 saturated heterocycles.